The Morgan fingerprint density at radius 1 is 1.21 bits per heavy atom. The Labute approximate surface area is 166 Å². The highest BCUT2D eigenvalue weighted by Crippen LogP contribution is 2.37. The molecule has 1 aromatic heterocycles. The third-order valence-corrected chi connectivity index (χ3v) is 6.24. The smallest absolute Gasteiger partial charge is 0.227 e. The van der Waals surface area contributed by atoms with E-state index in [0.29, 0.717) is 24.1 Å². The highest BCUT2D eigenvalue weighted by Gasteiger charge is 2.43. The number of aromatic nitrogens is 2. The molecule has 1 saturated carbocycles. The Morgan fingerprint density at radius 3 is 2.75 bits per heavy atom. The summed E-state index contributed by atoms with van der Waals surface area (Å²) in [5.41, 5.74) is 3.46. The van der Waals surface area contributed by atoms with Crippen molar-refractivity contribution >= 4 is 11.7 Å². The van der Waals surface area contributed by atoms with Crippen LogP contribution in [0.4, 0.5) is 5.82 Å². The number of hydrogen-bond acceptors (Lipinski definition) is 5. The van der Waals surface area contributed by atoms with E-state index in [1.807, 2.05) is 4.90 Å². The second-order valence-electron chi connectivity index (χ2n) is 8.31. The van der Waals surface area contributed by atoms with Crippen molar-refractivity contribution in [3.8, 4) is 0 Å². The Bertz CT molecular complexity index is 842. The number of aryl methyl sites for hydroxylation is 2. The number of amides is 1. The fraction of sp³-hybridized carbons (Fsp3) is 0.500. The average Bonchev–Trinajstić information content (AvgIpc) is 3.09. The summed E-state index contributed by atoms with van der Waals surface area (Å²) in [6.07, 6.45) is 6.53. The number of fused-ring (bicyclic) bond motifs is 1. The number of rotatable bonds is 4. The summed E-state index contributed by atoms with van der Waals surface area (Å²) in [4.78, 5) is 23.2. The van der Waals surface area contributed by atoms with Crippen molar-refractivity contribution in [3.05, 3.63) is 53.5 Å². The van der Waals surface area contributed by atoms with Crippen molar-refractivity contribution in [2.24, 2.45) is 11.8 Å². The van der Waals surface area contributed by atoms with Crippen molar-refractivity contribution in [1.29, 1.82) is 0 Å². The van der Waals surface area contributed by atoms with Gasteiger partial charge in [0.1, 0.15) is 5.82 Å². The maximum Gasteiger partial charge on any atom is 0.227 e. The molecule has 1 saturated heterocycles. The summed E-state index contributed by atoms with van der Waals surface area (Å²) in [6, 6.07) is 6.23. The number of aliphatic hydroxyl groups is 1. The Balaban J connectivity index is 1.39. The number of hydrogen-bond donors (Lipinski definition) is 2. The predicted octanol–water partition coefficient (Wildman–Crippen LogP) is 2.35. The van der Waals surface area contributed by atoms with Crippen LogP contribution in [-0.2, 0) is 11.2 Å². The monoisotopic (exact) mass is 380 g/mol. The minimum atomic E-state index is -0.433. The SMILES string of the molecule is Cc1ccc(C)c(CC(=O)N2C[C@H]3C[C@@H](Nc4cnccn4)[C@H](O)C[C@H]3C2)c1. The third kappa shape index (κ3) is 4.02. The van der Waals surface area contributed by atoms with Gasteiger partial charge in [0.2, 0.25) is 5.91 Å². The van der Waals surface area contributed by atoms with E-state index in [2.05, 4.69) is 47.3 Å². The minimum absolute atomic E-state index is 0.0491. The highest BCUT2D eigenvalue weighted by atomic mass is 16.3. The number of carbonyl (C=O) groups excluding carboxylic acids is 1. The lowest BCUT2D eigenvalue weighted by molar-refractivity contribution is -0.129. The summed E-state index contributed by atoms with van der Waals surface area (Å²) < 4.78 is 0. The number of anilines is 1. The molecular formula is C22H28N4O2. The molecule has 0 unspecified atom stereocenters. The molecule has 148 valence electrons. The van der Waals surface area contributed by atoms with Crippen molar-refractivity contribution in [3.63, 3.8) is 0 Å². The fourth-order valence-electron chi connectivity index (χ4n) is 4.62. The molecule has 2 N–H and O–H groups in total. The van der Waals surface area contributed by atoms with Crippen LogP contribution in [0.5, 0.6) is 0 Å². The molecule has 6 nitrogen and oxygen atoms in total. The van der Waals surface area contributed by atoms with Crippen molar-refractivity contribution in [1.82, 2.24) is 14.9 Å². The molecule has 2 fully saturated rings. The van der Waals surface area contributed by atoms with Gasteiger partial charge in [0.05, 0.1) is 24.8 Å². The van der Waals surface area contributed by atoms with E-state index >= 15 is 0 Å². The molecule has 1 aromatic carbocycles. The van der Waals surface area contributed by atoms with E-state index in [1.165, 1.54) is 11.1 Å². The van der Waals surface area contributed by atoms with Gasteiger partial charge < -0.3 is 15.3 Å². The van der Waals surface area contributed by atoms with Crippen molar-refractivity contribution in [2.45, 2.75) is 45.3 Å². The van der Waals surface area contributed by atoms with E-state index in [4.69, 9.17) is 0 Å². The Hall–Kier alpha value is -2.47. The van der Waals surface area contributed by atoms with Gasteiger partial charge in [-0.25, -0.2) is 4.98 Å². The van der Waals surface area contributed by atoms with E-state index in [1.54, 1.807) is 18.6 Å². The first-order valence-corrected chi connectivity index (χ1v) is 10.0. The average molecular weight is 380 g/mol. The van der Waals surface area contributed by atoms with Crippen molar-refractivity contribution < 1.29 is 9.90 Å². The van der Waals surface area contributed by atoms with Gasteiger partial charge in [-0.15, -0.1) is 0 Å². The number of aliphatic hydroxyl groups excluding tert-OH is 1. The zero-order valence-corrected chi connectivity index (χ0v) is 16.5. The predicted molar refractivity (Wildman–Crippen MR) is 108 cm³/mol. The van der Waals surface area contributed by atoms with Gasteiger partial charge in [-0.05, 0) is 49.7 Å². The van der Waals surface area contributed by atoms with Crippen LogP contribution in [0.1, 0.15) is 29.5 Å². The molecule has 6 heteroatoms. The maximum absolute atomic E-state index is 12.9. The van der Waals surface area contributed by atoms with Crippen LogP contribution in [-0.4, -0.2) is 51.1 Å². The summed E-state index contributed by atoms with van der Waals surface area (Å²) >= 11 is 0. The lowest BCUT2D eigenvalue weighted by Gasteiger charge is -2.35. The quantitative estimate of drug-likeness (QED) is 0.851. The zero-order valence-electron chi connectivity index (χ0n) is 16.5. The molecule has 0 radical (unpaired) electrons. The standard InChI is InChI=1S/C22H28N4O2/c1-14-3-4-15(2)16(7-14)10-22(28)26-12-17-8-19(20(27)9-18(17)13-26)25-21-11-23-5-6-24-21/h3-7,11,17-20,27H,8-10,12-13H2,1-2H3,(H,24,25)/t17-,18+,19-,20-/m1/s1. The van der Waals surface area contributed by atoms with Crippen LogP contribution in [0.25, 0.3) is 0 Å². The summed E-state index contributed by atoms with van der Waals surface area (Å²) in [5.74, 6) is 1.67. The van der Waals surface area contributed by atoms with Crippen LogP contribution in [0.15, 0.2) is 36.8 Å². The van der Waals surface area contributed by atoms with E-state index < -0.39 is 6.10 Å². The number of carbonyl (C=O) groups is 1. The van der Waals surface area contributed by atoms with E-state index in [-0.39, 0.29) is 11.9 Å². The molecule has 2 aromatic rings. The van der Waals surface area contributed by atoms with Gasteiger partial charge in [-0.1, -0.05) is 23.8 Å². The lowest BCUT2D eigenvalue weighted by Crippen LogP contribution is -2.43. The van der Waals surface area contributed by atoms with Gasteiger partial charge in [0.15, 0.2) is 0 Å². The maximum atomic E-state index is 12.9. The van der Waals surface area contributed by atoms with Crippen LogP contribution in [0.2, 0.25) is 0 Å². The molecule has 4 rings (SSSR count). The third-order valence-electron chi connectivity index (χ3n) is 6.24. The molecule has 1 aliphatic heterocycles. The van der Waals surface area contributed by atoms with Gasteiger partial charge in [0, 0.05) is 25.5 Å². The van der Waals surface area contributed by atoms with E-state index in [0.717, 1.165) is 31.5 Å². The number of nitrogens with one attached hydrogen (secondary N) is 1. The minimum Gasteiger partial charge on any atom is -0.391 e. The fourth-order valence-corrected chi connectivity index (χ4v) is 4.62. The van der Waals surface area contributed by atoms with Crippen molar-refractivity contribution in [2.75, 3.05) is 18.4 Å². The lowest BCUT2D eigenvalue weighted by atomic mass is 9.77. The second kappa shape index (κ2) is 7.87. The first-order valence-electron chi connectivity index (χ1n) is 10.0. The van der Waals surface area contributed by atoms with Crippen LogP contribution >= 0.6 is 0 Å². The van der Waals surface area contributed by atoms with Crippen LogP contribution < -0.4 is 5.32 Å². The van der Waals surface area contributed by atoms with Gasteiger partial charge in [-0.3, -0.25) is 9.78 Å². The second-order valence-corrected chi connectivity index (χ2v) is 8.31. The summed E-state index contributed by atoms with van der Waals surface area (Å²) in [7, 11) is 0. The van der Waals surface area contributed by atoms with E-state index in [9.17, 15) is 9.90 Å². The topological polar surface area (TPSA) is 78.4 Å². The normalized spacial score (nSPS) is 26.8. The first-order chi connectivity index (χ1) is 13.5. The Kier molecular flexibility index (Phi) is 5.31. The zero-order chi connectivity index (χ0) is 19.7. The molecule has 2 aliphatic rings. The highest BCUT2D eigenvalue weighted by molar-refractivity contribution is 5.79. The van der Waals surface area contributed by atoms with Crippen LogP contribution in [0.3, 0.4) is 0 Å². The van der Waals surface area contributed by atoms with Gasteiger partial charge >= 0.3 is 0 Å². The van der Waals surface area contributed by atoms with Crippen LogP contribution in [0, 0.1) is 25.7 Å². The van der Waals surface area contributed by atoms with Gasteiger partial charge in [0.25, 0.3) is 0 Å². The molecule has 0 bridgehead atoms. The number of likely N-dealkylation sites (tertiary alicyclic amines) is 1. The first kappa shape index (κ1) is 18.9. The summed E-state index contributed by atoms with van der Waals surface area (Å²) in [6.45, 7) is 5.65. The molecule has 1 aliphatic carbocycles. The molecule has 2 heterocycles. The molecular weight excluding hydrogens is 352 g/mol. The molecule has 4 atom stereocenters. The molecule has 0 spiro atoms. The molecule has 28 heavy (non-hydrogen) atoms. The Morgan fingerprint density at radius 2 is 2.00 bits per heavy atom. The molecule has 1 amide bonds. The number of nitrogens with zero attached hydrogens (tertiary/aromatic N) is 3. The number of benzene rings is 1. The van der Waals surface area contributed by atoms with Gasteiger partial charge in [-0.2, -0.15) is 0 Å². The largest absolute Gasteiger partial charge is 0.391 e. The summed E-state index contributed by atoms with van der Waals surface area (Å²) in [5, 5.41) is 13.9.